The van der Waals surface area contributed by atoms with E-state index in [-0.39, 0.29) is 18.1 Å². The van der Waals surface area contributed by atoms with Crippen LogP contribution in [0.25, 0.3) is 0 Å². The minimum absolute atomic E-state index is 0.0473. The van der Waals surface area contributed by atoms with Gasteiger partial charge in [0, 0.05) is 37.8 Å². The molecule has 2 aromatic carbocycles. The van der Waals surface area contributed by atoms with Crippen molar-refractivity contribution >= 4 is 5.91 Å². The standard InChI is InChI=1S/C29H36N4O2/c30-21-23-6-9-24-13-15-32(29(27(24)20-23)33-16-18-35-19-17-33)14-12-22-7-10-26(11-8-22)31-28(34)25-4-2-1-3-5-25/h1-6,9,20,22,26,29H,7-8,10-19H2,(H,31,34). The zero-order chi connectivity index (χ0) is 24.0. The number of hydrogen-bond acceptors (Lipinski definition) is 5. The van der Waals surface area contributed by atoms with E-state index in [1.54, 1.807) is 0 Å². The largest absolute Gasteiger partial charge is 0.379 e. The molecule has 1 aliphatic carbocycles. The Labute approximate surface area is 208 Å². The summed E-state index contributed by atoms with van der Waals surface area (Å²) >= 11 is 0. The third kappa shape index (κ3) is 5.75. The van der Waals surface area contributed by atoms with Crippen molar-refractivity contribution < 1.29 is 9.53 Å². The smallest absolute Gasteiger partial charge is 0.251 e. The van der Waals surface area contributed by atoms with Crippen LogP contribution in [-0.2, 0) is 11.2 Å². The molecule has 2 aliphatic heterocycles. The summed E-state index contributed by atoms with van der Waals surface area (Å²) in [5.74, 6) is 0.753. The van der Waals surface area contributed by atoms with Gasteiger partial charge in [-0.15, -0.1) is 0 Å². The zero-order valence-corrected chi connectivity index (χ0v) is 20.5. The van der Waals surface area contributed by atoms with Crippen molar-refractivity contribution in [3.63, 3.8) is 0 Å². The Morgan fingerprint density at radius 1 is 1.03 bits per heavy atom. The van der Waals surface area contributed by atoms with Crippen LogP contribution in [0.2, 0.25) is 0 Å². The monoisotopic (exact) mass is 472 g/mol. The summed E-state index contributed by atoms with van der Waals surface area (Å²) in [7, 11) is 0. The number of rotatable bonds is 6. The lowest BCUT2D eigenvalue weighted by Gasteiger charge is -2.45. The molecule has 0 aromatic heterocycles. The van der Waals surface area contributed by atoms with Gasteiger partial charge in [0.25, 0.3) is 5.91 Å². The molecule has 6 heteroatoms. The molecular weight excluding hydrogens is 436 g/mol. The lowest BCUT2D eigenvalue weighted by atomic mass is 9.83. The van der Waals surface area contributed by atoms with Gasteiger partial charge in [0.1, 0.15) is 0 Å². The molecule has 1 saturated heterocycles. The molecule has 184 valence electrons. The number of ether oxygens (including phenoxy) is 1. The molecule has 0 radical (unpaired) electrons. The maximum atomic E-state index is 12.5. The van der Waals surface area contributed by atoms with Gasteiger partial charge in [-0.05, 0) is 79.8 Å². The van der Waals surface area contributed by atoms with Crippen LogP contribution in [0.3, 0.4) is 0 Å². The quantitative estimate of drug-likeness (QED) is 0.685. The first kappa shape index (κ1) is 24.0. The molecule has 0 bridgehead atoms. The molecule has 35 heavy (non-hydrogen) atoms. The second-order valence-corrected chi connectivity index (χ2v) is 10.2. The zero-order valence-electron chi connectivity index (χ0n) is 20.5. The van der Waals surface area contributed by atoms with Crippen LogP contribution in [0.4, 0.5) is 0 Å². The third-order valence-electron chi connectivity index (χ3n) is 8.00. The van der Waals surface area contributed by atoms with E-state index in [0.717, 1.165) is 69.8 Å². The number of carbonyl (C=O) groups is 1. The van der Waals surface area contributed by atoms with Gasteiger partial charge >= 0.3 is 0 Å². The number of fused-ring (bicyclic) bond motifs is 1. The van der Waals surface area contributed by atoms with Crippen LogP contribution in [0.15, 0.2) is 48.5 Å². The van der Waals surface area contributed by atoms with Gasteiger partial charge in [0.15, 0.2) is 0 Å². The number of benzene rings is 2. The molecule has 5 rings (SSSR count). The number of amides is 1. The maximum absolute atomic E-state index is 12.5. The summed E-state index contributed by atoms with van der Waals surface area (Å²) in [6.07, 6.45) is 6.93. The highest BCUT2D eigenvalue weighted by molar-refractivity contribution is 5.94. The van der Waals surface area contributed by atoms with E-state index in [1.165, 1.54) is 30.4 Å². The predicted octanol–water partition coefficient (Wildman–Crippen LogP) is 4.13. The van der Waals surface area contributed by atoms with Crippen molar-refractivity contribution in [2.24, 2.45) is 5.92 Å². The molecule has 1 saturated carbocycles. The summed E-state index contributed by atoms with van der Waals surface area (Å²) in [6.45, 7) is 5.55. The first-order valence-corrected chi connectivity index (χ1v) is 13.2. The van der Waals surface area contributed by atoms with Gasteiger partial charge in [-0.1, -0.05) is 24.3 Å². The van der Waals surface area contributed by atoms with Crippen molar-refractivity contribution in [1.82, 2.24) is 15.1 Å². The van der Waals surface area contributed by atoms with E-state index in [4.69, 9.17) is 4.74 Å². The Morgan fingerprint density at radius 3 is 2.54 bits per heavy atom. The van der Waals surface area contributed by atoms with Gasteiger partial charge in [-0.25, -0.2) is 0 Å². The second kappa shape index (κ2) is 11.3. The topological polar surface area (TPSA) is 68.6 Å². The van der Waals surface area contributed by atoms with Crippen LogP contribution in [-0.4, -0.2) is 61.1 Å². The third-order valence-corrected chi connectivity index (χ3v) is 8.00. The van der Waals surface area contributed by atoms with Gasteiger partial charge in [0.05, 0.1) is 31.0 Å². The average molecular weight is 473 g/mol. The van der Waals surface area contributed by atoms with Crippen molar-refractivity contribution in [2.45, 2.75) is 50.7 Å². The molecule has 3 aliphatic rings. The predicted molar refractivity (Wildman–Crippen MR) is 136 cm³/mol. The van der Waals surface area contributed by atoms with Crippen LogP contribution >= 0.6 is 0 Å². The Bertz CT molecular complexity index is 1040. The summed E-state index contributed by atoms with van der Waals surface area (Å²) in [4.78, 5) is 17.7. The number of hydrogen-bond donors (Lipinski definition) is 1. The first-order valence-electron chi connectivity index (χ1n) is 13.2. The normalized spacial score (nSPS) is 25.4. The summed E-state index contributed by atoms with van der Waals surface area (Å²) in [5.41, 5.74) is 4.18. The van der Waals surface area contributed by atoms with E-state index in [2.05, 4.69) is 33.3 Å². The van der Waals surface area contributed by atoms with E-state index in [0.29, 0.717) is 5.92 Å². The van der Waals surface area contributed by atoms with Crippen molar-refractivity contribution in [3.05, 3.63) is 70.8 Å². The van der Waals surface area contributed by atoms with E-state index >= 15 is 0 Å². The molecule has 6 nitrogen and oxygen atoms in total. The fourth-order valence-electron chi connectivity index (χ4n) is 6.00. The van der Waals surface area contributed by atoms with Crippen molar-refractivity contribution in [3.8, 4) is 6.07 Å². The first-order chi connectivity index (χ1) is 17.2. The number of nitriles is 1. The van der Waals surface area contributed by atoms with Crippen LogP contribution in [0.5, 0.6) is 0 Å². The minimum Gasteiger partial charge on any atom is -0.379 e. The molecule has 1 unspecified atom stereocenters. The number of carbonyl (C=O) groups excluding carboxylic acids is 1. The molecule has 0 spiro atoms. The van der Waals surface area contributed by atoms with Gasteiger partial charge in [0.2, 0.25) is 0 Å². The molecule has 2 heterocycles. The fourth-order valence-corrected chi connectivity index (χ4v) is 6.00. The van der Waals surface area contributed by atoms with E-state index in [9.17, 15) is 10.1 Å². The fraction of sp³-hybridized carbons (Fsp3) is 0.517. The van der Waals surface area contributed by atoms with Crippen LogP contribution < -0.4 is 5.32 Å². The van der Waals surface area contributed by atoms with Gasteiger partial charge < -0.3 is 10.1 Å². The number of nitrogens with one attached hydrogen (secondary N) is 1. The lowest BCUT2D eigenvalue weighted by Crippen LogP contribution is -2.50. The van der Waals surface area contributed by atoms with E-state index in [1.807, 2.05) is 36.4 Å². The van der Waals surface area contributed by atoms with Crippen LogP contribution in [0, 0.1) is 17.2 Å². The molecule has 1 atom stereocenters. The summed E-state index contributed by atoms with van der Waals surface area (Å²) in [6, 6.07) is 18.4. The van der Waals surface area contributed by atoms with Crippen molar-refractivity contribution in [2.75, 3.05) is 39.4 Å². The molecule has 2 aromatic rings. The highest BCUT2D eigenvalue weighted by Gasteiger charge is 2.34. The Morgan fingerprint density at radius 2 is 1.80 bits per heavy atom. The lowest BCUT2D eigenvalue weighted by molar-refractivity contribution is -0.0409. The number of nitrogens with zero attached hydrogens (tertiary/aromatic N) is 3. The average Bonchev–Trinajstić information content (AvgIpc) is 2.93. The van der Waals surface area contributed by atoms with Gasteiger partial charge in [-0.2, -0.15) is 5.26 Å². The SMILES string of the molecule is N#Cc1ccc2c(c1)C(N1CCOCC1)N(CCC1CCC(NC(=O)c3ccccc3)CC1)CC2. The number of morpholine rings is 1. The van der Waals surface area contributed by atoms with Crippen LogP contribution in [0.1, 0.15) is 65.3 Å². The molecule has 2 fully saturated rings. The minimum atomic E-state index is 0.0473. The van der Waals surface area contributed by atoms with E-state index < -0.39 is 0 Å². The Balaban J connectivity index is 1.18. The Kier molecular flexibility index (Phi) is 7.78. The maximum Gasteiger partial charge on any atom is 0.251 e. The second-order valence-electron chi connectivity index (χ2n) is 10.2. The van der Waals surface area contributed by atoms with Crippen molar-refractivity contribution in [1.29, 1.82) is 5.26 Å². The summed E-state index contributed by atoms with van der Waals surface area (Å²) < 4.78 is 5.64. The van der Waals surface area contributed by atoms with Gasteiger partial charge in [-0.3, -0.25) is 14.6 Å². The Hall–Kier alpha value is -2.72. The molecule has 1 amide bonds. The highest BCUT2D eigenvalue weighted by atomic mass is 16.5. The molecular formula is C29H36N4O2. The highest BCUT2D eigenvalue weighted by Crippen LogP contribution is 2.35. The summed E-state index contributed by atoms with van der Waals surface area (Å²) in [5, 5.41) is 12.7. The molecule has 1 N–H and O–H groups in total.